The van der Waals surface area contributed by atoms with Crippen molar-refractivity contribution >= 4 is 13.9 Å². The number of hydrogen-bond acceptors (Lipinski definition) is 1. The van der Waals surface area contributed by atoms with E-state index in [4.69, 9.17) is 0 Å². The fraction of sp³-hybridized carbons (Fsp3) is 0.769. The summed E-state index contributed by atoms with van der Waals surface area (Å²) in [6.45, 7) is 15.3. The van der Waals surface area contributed by atoms with E-state index in [1.165, 1.54) is 12.0 Å². The number of rotatable bonds is 2. The van der Waals surface area contributed by atoms with Gasteiger partial charge in [-0.25, -0.2) is 0 Å². The zero-order valence-corrected chi connectivity index (χ0v) is 11.8. The molecular formula is C13H24OSi. The molecular weight excluding hydrogens is 200 g/mol. The summed E-state index contributed by atoms with van der Waals surface area (Å²) in [6, 6.07) is 0. The lowest BCUT2D eigenvalue weighted by Gasteiger charge is -2.40. The molecule has 1 aliphatic carbocycles. The number of allylic oxidation sites excluding steroid dienone is 1. The topological polar surface area (TPSA) is 17.1 Å². The molecule has 1 saturated carbocycles. The van der Waals surface area contributed by atoms with Gasteiger partial charge >= 0.3 is 0 Å². The van der Waals surface area contributed by atoms with Gasteiger partial charge in [0, 0.05) is 20.4 Å². The van der Waals surface area contributed by atoms with Gasteiger partial charge in [-0.2, -0.15) is 0 Å². The van der Waals surface area contributed by atoms with Gasteiger partial charge in [0.25, 0.3) is 0 Å². The smallest absolute Gasteiger partial charge is 0.136 e. The minimum absolute atomic E-state index is 0.285. The van der Waals surface area contributed by atoms with Gasteiger partial charge in [0.1, 0.15) is 5.78 Å². The maximum absolute atomic E-state index is 11.9. The van der Waals surface area contributed by atoms with Crippen LogP contribution < -0.4 is 0 Å². The van der Waals surface area contributed by atoms with E-state index in [1.54, 1.807) is 0 Å². The Hall–Kier alpha value is -0.373. The van der Waals surface area contributed by atoms with Crippen molar-refractivity contribution in [2.24, 2.45) is 11.8 Å². The van der Waals surface area contributed by atoms with Gasteiger partial charge in [-0.1, -0.05) is 38.7 Å². The largest absolute Gasteiger partial charge is 0.299 e. The Morgan fingerprint density at radius 1 is 1.40 bits per heavy atom. The summed E-state index contributed by atoms with van der Waals surface area (Å²) < 4.78 is 0. The van der Waals surface area contributed by atoms with Crippen molar-refractivity contribution in [3.8, 4) is 0 Å². The van der Waals surface area contributed by atoms with Crippen LogP contribution in [0.1, 0.15) is 26.7 Å². The summed E-state index contributed by atoms with van der Waals surface area (Å²) >= 11 is 0. The molecule has 0 heterocycles. The normalized spacial score (nSPS) is 32.9. The quantitative estimate of drug-likeness (QED) is 0.514. The molecule has 0 radical (unpaired) electrons. The third-order valence-electron chi connectivity index (χ3n) is 3.91. The van der Waals surface area contributed by atoms with Crippen LogP contribution in [0.2, 0.25) is 25.2 Å². The molecule has 0 unspecified atom stereocenters. The molecule has 1 nitrogen and oxygen atoms in total. The lowest BCUT2D eigenvalue weighted by Crippen LogP contribution is -2.40. The first-order valence-corrected chi connectivity index (χ1v) is 9.49. The molecule has 1 aliphatic rings. The molecule has 1 rings (SSSR count). The van der Waals surface area contributed by atoms with Crippen molar-refractivity contribution in [1.82, 2.24) is 0 Å². The Morgan fingerprint density at radius 2 is 1.93 bits per heavy atom. The van der Waals surface area contributed by atoms with E-state index in [0.29, 0.717) is 17.2 Å². The third kappa shape index (κ3) is 2.80. The van der Waals surface area contributed by atoms with Gasteiger partial charge in [-0.05, 0) is 24.8 Å². The number of hydrogen-bond donors (Lipinski definition) is 0. The molecule has 0 N–H and O–H groups in total. The Morgan fingerprint density at radius 3 is 2.33 bits per heavy atom. The molecule has 86 valence electrons. The Bertz CT molecular complexity index is 275. The van der Waals surface area contributed by atoms with E-state index in [-0.39, 0.29) is 5.92 Å². The summed E-state index contributed by atoms with van der Waals surface area (Å²) in [6.07, 6.45) is 1.93. The zero-order chi connectivity index (χ0) is 11.8. The van der Waals surface area contributed by atoms with E-state index >= 15 is 0 Å². The van der Waals surface area contributed by atoms with Crippen LogP contribution in [0, 0.1) is 11.8 Å². The van der Waals surface area contributed by atoms with Crippen molar-refractivity contribution in [2.75, 3.05) is 0 Å². The van der Waals surface area contributed by atoms with E-state index in [0.717, 1.165) is 6.42 Å². The molecule has 2 heteroatoms. The second kappa shape index (κ2) is 4.24. The van der Waals surface area contributed by atoms with Crippen molar-refractivity contribution < 1.29 is 4.79 Å². The summed E-state index contributed by atoms with van der Waals surface area (Å²) in [5.74, 6) is 1.19. The lowest BCUT2D eigenvalue weighted by molar-refractivity contribution is -0.125. The molecule has 0 bridgehead atoms. The van der Waals surface area contributed by atoms with E-state index in [9.17, 15) is 4.79 Å². The summed E-state index contributed by atoms with van der Waals surface area (Å²) in [4.78, 5) is 11.9. The van der Waals surface area contributed by atoms with Crippen LogP contribution in [0.15, 0.2) is 12.2 Å². The van der Waals surface area contributed by atoms with E-state index in [1.807, 2.05) is 0 Å². The predicted molar refractivity (Wildman–Crippen MR) is 68.8 cm³/mol. The summed E-state index contributed by atoms with van der Waals surface area (Å²) in [5.41, 5.74) is 1.83. The first kappa shape index (κ1) is 12.7. The van der Waals surface area contributed by atoms with Crippen LogP contribution in [0.5, 0.6) is 0 Å². The predicted octanol–water partition coefficient (Wildman–Crippen LogP) is 3.89. The lowest BCUT2D eigenvalue weighted by atomic mass is 9.78. The number of carbonyl (C=O) groups is 1. The number of Topliss-reactive ketones (excluding diaryl/α,β-unsaturated/α-hetero) is 1. The first-order chi connectivity index (χ1) is 6.73. The van der Waals surface area contributed by atoms with Gasteiger partial charge < -0.3 is 0 Å². The van der Waals surface area contributed by atoms with Gasteiger partial charge in [0.15, 0.2) is 0 Å². The molecule has 3 atom stereocenters. The molecule has 0 spiro atoms. The SMILES string of the molecule is C=C(C)[C@H]1CC(=O)[C@H](C)[C@H]([Si](C)(C)C)C1. The highest BCUT2D eigenvalue weighted by Crippen LogP contribution is 2.43. The Balaban J connectivity index is 2.87. The first-order valence-electron chi connectivity index (χ1n) is 5.91. The van der Waals surface area contributed by atoms with Crippen LogP contribution in [0.4, 0.5) is 0 Å². The Kier molecular flexibility index (Phi) is 3.59. The van der Waals surface area contributed by atoms with Crippen molar-refractivity contribution in [2.45, 2.75) is 51.9 Å². The Labute approximate surface area is 95.0 Å². The fourth-order valence-corrected chi connectivity index (χ4v) is 5.40. The van der Waals surface area contributed by atoms with E-state index < -0.39 is 8.07 Å². The highest BCUT2D eigenvalue weighted by molar-refractivity contribution is 6.77. The van der Waals surface area contributed by atoms with Gasteiger partial charge in [-0.3, -0.25) is 4.79 Å². The van der Waals surface area contributed by atoms with Crippen molar-refractivity contribution in [3.63, 3.8) is 0 Å². The van der Waals surface area contributed by atoms with Gasteiger partial charge in [0.2, 0.25) is 0 Å². The molecule has 0 saturated heterocycles. The molecule has 0 aromatic carbocycles. The average molecular weight is 224 g/mol. The third-order valence-corrected chi connectivity index (χ3v) is 6.87. The van der Waals surface area contributed by atoms with Gasteiger partial charge in [0.05, 0.1) is 0 Å². The van der Waals surface area contributed by atoms with Crippen LogP contribution in [-0.4, -0.2) is 13.9 Å². The van der Waals surface area contributed by atoms with Crippen LogP contribution >= 0.6 is 0 Å². The number of carbonyl (C=O) groups excluding carboxylic acids is 1. The average Bonchev–Trinajstić information content (AvgIpc) is 2.06. The van der Waals surface area contributed by atoms with Crippen LogP contribution in [0.25, 0.3) is 0 Å². The van der Waals surface area contributed by atoms with E-state index in [2.05, 4.69) is 40.1 Å². The maximum atomic E-state index is 11.9. The molecule has 1 fully saturated rings. The van der Waals surface area contributed by atoms with Crippen molar-refractivity contribution in [3.05, 3.63) is 12.2 Å². The fourth-order valence-electron chi connectivity index (χ4n) is 2.73. The minimum atomic E-state index is -1.21. The molecule has 0 aromatic heterocycles. The van der Waals surface area contributed by atoms with Crippen LogP contribution in [0.3, 0.4) is 0 Å². The zero-order valence-electron chi connectivity index (χ0n) is 10.8. The second-order valence-corrected chi connectivity index (χ2v) is 11.7. The molecule has 0 amide bonds. The minimum Gasteiger partial charge on any atom is -0.299 e. The standard InChI is InChI=1S/C13H24OSi/c1-9(2)11-7-12(14)10(3)13(8-11)15(4,5)6/h10-11,13H,1,7-8H2,2-6H3/t10-,11-,13+/m0/s1. The molecule has 15 heavy (non-hydrogen) atoms. The monoisotopic (exact) mass is 224 g/mol. The summed E-state index contributed by atoms with van der Waals surface area (Å²) in [5, 5.41) is 0. The van der Waals surface area contributed by atoms with Crippen molar-refractivity contribution in [1.29, 1.82) is 0 Å². The second-order valence-electron chi connectivity index (χ2n) is 6.21. The molecule has 0 aliphatic heterocycles. The summed E-state index contributed by atoms with van der Waals surface area (Å²) in [7, 11) is -1.21. The number of ketones is 1. The van der Waals surface area contributed by atoms with Gasteiger partial charge in [-0.15, -0.1) is 0 Å². The maximum Gasteiger partial charge on any atom is 0.136 e. The highest BCUT2D eigenvalue weighted by atomic mass is 28.3. The van der Waals surface area contributed by atoms with Crippen LogP contribution in [-0.2, 0) is 4.79 Å². The molecule has 0 aromatic rings. The highest BCUT2D eigenvalue weighted by Gasteiger charge is 2.40.